The molecule has 0 aliphatic carbocycles. The maximum atomic E-state index is 12.9. The molecular formula is C28H39N5O6S. The van der Waals surface area contributed by atoms with Crippen molar-refractivity contribution in [2.24, 2.45) is 5.41 Å². The number of aliphatic hydroxyl groups excluding tert-OH is 1. The van der Waals surface area contributed by atoms with E-state index >= 15 is 0 Å². The van der Waals surface area contributed by atoms with Gasteiger partial charge in [0.05, 0.1) is 18.5 Å². The normalized spacial score (nSPS) is 14.2. The van der Waals surface area contributed by atoms with Gasteiger partial charge in [-0.2, -0.15) is 0 Å². The maximum Gasteiger partial charge on any atom is 0.407 e. The second kappa shape index (κ2) is 14.2. The van der Waals surface area contributed by atoms with Crippen LogP contribution in [0.2, 0.25) is 0 Å². The Labute approximate surface area is 236 Å². The molecule has 2 aromatic heterocycles. The van der Waals surface area contributed by atoms with Crippen molar-refractivity contribution in [3.05, 3.63) is 67.4 Å². The Kier molecular flexibility index (Phi) is 11.1. The van der Waals surface area contributed by atoms with Gasteiger partial charge in [-0.15, -0.1) is 0 Å². The van der Waals surface area contributed by atoms with E-state index < -0.39 is 39.8 Å². The van der Waals surface area contributed by atoms with Gasteiger partial charge in [0.15, 0.2) is 5.03 Å². The summed E-state index contributed by atoms with van der Waals surface area (Å²) in [6.45, 7) is 7.62. The van der Waals surface area contributed by atoms with Crippen LogP contribution in [-0.4, -0.2) is 65.6 Å². The molecule has 40 heavy (non-hydrogen) atoms. The summed E-state index contributed by atoms with van der Waals surface area (Å²) in [5.41, 5.74) is 0.496. The number of alkyl carbamates (subject to hydrolysis) is 1. The molecule has 0 radical (unpaired) electrons. The van der Waals surface area contributed by atoms with Gasteiger partial charge in [0.25, 0.3) is 10.0 Å². The van der Waals surface area contributed by atoms with Crippen LogP contribution >= 0.6 is 0 Å². The van der Waals surface area contributed by atoms with Gasteiger partial charge in [-0.1, -0.05) is 46.6 Å². The summed E-state index contributed by atoms with van der Waals surface area (Å²) in [5.74, 6) is 0.624. The molecule has 2 heterocycles. The van der Waals surface area contributed by atoms with Crippen molar-refractivity contribution in [2.75, 3.05) is 13.2 Å². The molecule has 3 atom stereocenters. The van der Waals surface area contributed by atoms with Gasteiger partial charge in [0.1, 0.15) is 18.5 Å². The molecule has 1 amide bonds. The molecule has 218 valence electrons. The molecule has 0 spiro atoms. The lowest BCUT2D eigenvalue weighted by Gasteiger charge is -2.31. The number of hydrogen-bond donors (Lipinski definition) is 3. The highest BCUT2D eigenvalue weighted by molar-refractivity contribution is 7.89. The number of pyridine rings is 1. The highest BCUT2D eigenvalue weighted by Gasteiger charge is 2.31. The number of sulfonamides is 1. The second-order valence-corrected chi connectivity index (χ2v) is 12.2. The molecule has 12 heteroatoms. The monoisotopic (exact) mass is 573 g/mol. The number of amides is 1. The third-order valence-electron chi connectivity index (χ3n) is 6.29. The summed E-state index contributed by atoms with van der Waals surface area (Å²) in [4.78, 5) is 20.8. The van der Waals surface area contributed by atoms with Crippen LogP contribution in [0.1, 0.15) is 47.0 Å². The lowest BCUT2D eigenvalue weighted by molar-refractivity contribution is -0.00274. The number of aromatic nitrogens is 3. The number of carbonyl (C=O) groups is 1. The number of carbonyl (C=O) groups excluding carboxylic acids is 1. The van der Waals surface area contributed by atoms with Crippen LogP contribution in [0.25, 0.3) is 5.69 Å². The minimum absolute atomic E-state index is 0.118. The van der Waals surface area contributed by atoms with Crippen LogP contribution in [-0.2, 0) is 14.8 Å². The number of benzene rings is 1. The standard InChI is InChI=1S/C28H39N5O6S/c1-5-6-9-23(24(34)18-31-40(36,37)26-10-7-8-15-30-26)32-27(35)39-25(28(2,3)4)19-38-22-13-11-21(12-14-22)33-17-16-29-20-33/h7-8,10-17,20,23-25,31,34H,5-6,9,18-19H2,1-4H3,(H,32,35)/t23-,24+,25+/m0/s1. The minimum atomic E-state index is -3.91. The van der Waals surface area contributed by atoms with Crippen molar-refractivity contribution in [3.8, 4) is 11.4 Å². The third-order valence-corrected chi connectivity index (χ3v) is 7.63. The Hall–Kier alpha value is -3.48. The molecule has 3 aromatic rings. The summed E-state index contributed by atoms with van der Waals surface area (Å²) in [5, 5.41) is 13.4. The van der Waals surface area contributed by atoms with E-state index in [1.54, 1.807) is 24.7 Å². The van der Waals surface area contributed by atoms with Gasteiger partial charge in [0.2, 0.25) is 0 Å². The Balaban J connectivity index is 1.59. The van der Waals surface area contributed by atoms with E-state index in [0.717, 1.165) is 18.5 Å². The molecule has 0 aliphatic heterocycles. The van der Waals surface area contributed by atoms with Crippen molar-refractivity contribution in [2.45, 2.75) is 70.2 Å². The number of hydrogen-bond acceptors (Lipinski definition) is 8. The summed E-state index contributed by atoms with van der Waals surface area (Å²) >= 11 is 0. The fourth-order valence-corrected chi connectivity index (χ4v) is 4.77. The van der Waals surface area contributed by atoms with E-state index in [1.807, 2.05) is 62.7 Å². The number of aliphatic hydroxyl groups is 1. The summed E-state index contributed by atoms with van der Waals surface area (Å²) < 4.78 is 40.9. The van der Waals surface area contributed by atoms with Crippen molar-refractivity contribution >= 4 is 16.1 Å². The van der Waals surface area contributed by atoms with Crippen LogP contribution < -0.4 is 14.8 Å². The van der Waals surface area contributed by atoms with Gasteiger partial charge in [-0.05, 0) is 42.8 Å². The van der Waals surface area contributed by atoms with E-state index in [4.69, 9.17) is 9.47 Å². The first kappa shape index (κ1) is 31.1. The highest BCUT2D eigenvalue weighted by Crippen LogP contribution is 2.24. The van der Waals surface area contributed by atoms with Crippen LogP contribution in [0.15, 0.2) is 72.4 Å². The number of nitrogens with one attached hydrogen (secondary N) is 2. The lowest BCUT2D eigenvalue weighted by atomic mass is 9.89. The Morgan fingerprint density at radius 2 is 1.88 bits per heavy atom. The molecule has 0 fully saturated rings. The molecule has 0 aliphatic rings. The van der Waals surface area contributed by atoms with E-state index in [1.165, 1.54) is 12.3 Å². The van der Waals surface area contributed by atoms with Crippen molar-refractivity contribution in [1.82, 2.24) is 24.6 Å². The molecule has 0 bridgehead atoms. The summed E-state index contributed by atoms with van der Waals surface area (Å²) in [6.07, 6.45) is 6.11. The fraction of sp³-hybridized carbons (Fsp3) is 0.464. The molecule has 11 nitrogen and oxygen atoms in total. The Bertz CT molecular complexity index is 1280. The first-order chi connectivity index (χ1) is 19.0. The maximum absolute atomic E-state index is 12.9. The molecule has 3 rings (SSSR count). The first-order valence-electron chi connectivity index (χ1n) is 13.3. The number of nitrogens with zero attached hydrogens (tertiary/aromatic N) is 3. The number of ether oxygens (including phenoxy) is 2. The lowest BCUT2D eigenvalue weighted by Crippen LogP contribution is -2.50. The fourth-order valence-electron chi connectivity index (χ4n) is 3.78. The largest absolute Gasteiger partial charge is 0.490 e. The van der Waals surface area contributed by atoms with E-state index in [9.17, 15) is 18.3 Å². The van der Waals surface area contributed by atoms with E-state index in [0.29, 0.717) is 12.2 Å². The molecule has 3 N–H and O–H groups in total. The average molecular weight is 574 g/mol. The number of unbranched alkanes of at least 4 members (excludes halogenated alkanes) is 1. The van der Waals surface area contributed by atoms with Crippen LogP contribution in [0.3, 0.4) is 0 Å². The van der Waals surface area contributed by atoms with Crippen LogP contribution in [0, 0.1) is 5.41 Å². The zero-order valence-corrected chi connectivity index (χ0v) is 24.2. The molecule has 0 saturated carbocycles. The van der Waals surface area contributed by atoms with Crippen molar-refractivity contribution in [1.29, 1.82) is 0 Å². The second-order valence-electron chi connectivity index (χ2n) is 10.5. The predicted octanol–water partition coefficient (Wildman–Crippen LogP) is 3.69. The molecule has 1 aromatic carbocycles. The number of imidazole rings is 1. The quantitative estimate of drug-likeness (QED) is 0.265. The third kappa shape index (κ3) is 9.32. The molecular weight excluding hydrogens is 534 g/mol. The Morgan fingerprint density at radius 3 is 2.48 bits per heavy atom. The smallest absolute Gasteiger partial charge is 0.407 e. The highest BCUT2D eigenvalue weighted by atomic mass is 32.2. The molecule has 0 saturated heterocycles. The zero-order chi connectivity index (χ0) is 29.2. The Morgan fingerprint density at radius 1 is 1.12 bits per heavy atom. The van der Waals surface area contributed by atoms with Crippen molar-refractivity contribution < 1.29 is 27.8 Å². The summed E-state index contributed by atoms with van der Waals surface area (Å²) in [7, 11) is -3.91. The van der Waals surface area contributed by atoms with Gasteiger partial charge in [-0.3, -0.25) is 0 Å². The van der Waals surface area contributed by atoms with Crippen LogP contribution in [0.4, 0.5) is 4.79 Å². The van der Waals surface area contributed by atoms with Crippen LogP contribution in [0.5, 0.6) is 5.75 Å². The van der Waals surface area contributed by atoms with Crippen molar-refractivity contribution in [3.63, 3.8) is 0 Å². The SMILES string of the molecule is CCCC[C@H](NC(=O)O[C@H](COc1ccc(-n2ccnc2)cc1)C(C)(C)C)[C@H](O)CNS(=O)(=O)c1ccccn1. The first-order valence-corrected chi connectivity index (χ1v) is 14.7. The van der Waals surface area contributed by atoms with Gasteiger partial charge >= 0.3 is 6.09 Å². The minimum Gasteiger partial charge on any atom is -0.490 e. The zero-order valence-electron chi connectivity index (χ0n) is 23.4. The van der Waals surface area contributed by atoms with Gasteiger partial charge in [-0.25, -0.2) is 27.9 Å². The van der Waals surface area contributed by atoms with E-state index in [2.05, 4.69) is 20.0 Å². The average Bonchev–Trinajstić information content (AvgIpc) is 3.47. The van der Waals surface area contributed by atoms with Gasteiger partial charge < -0.3 is 24.5 Å². The molecule has 0 unspecified atom stereocenters. The predicted molar refractivity (Wildman–Crippen MR) is 151 cm³/mol. The number of rotatable bonds is 14. The van der Waals surface area contributed by atoms with E-state index in [-0.39, 0.29) is 18.2 Å². The topological polar surface area (TPSA) is 145 Å². The summed E-state index contributed by atoms with van der Waals surface area (Å²) in [6, 6.07) is 11.3. The van der Waals surface area contributed by atoms with Gasteiger partial charge in [0, 0.05) is 36.2 Å².